The summed E-state index contributed by atoms with van der Waals surface area (Å²) in [6.45, 7) is 10.5. The zero-order valence-corrected chi connectivity index (χ0v) is 21.3. The topological polar surface area (TPSA) is 71.8 Å². The van der Waals surface area contributed by atoms with E-state index in [0.717, 1.165) is 78.0 Å². The first-order chi connectivity index (χ1) is 17.5. The van der Waals surface area contributed by atoms with Crippen molar-refractivity contribution in [3.05, 3.63) is 82.8 Å². The van der Waals surface area contributed by atoms with E-state index in [2.05, 4.69) is 41.4 Å². The highest BCUT2D eigenvalue weighted by Gasteiger charge is 2.18. The molecule has 5 rings (SSSR count). The van der Waals surface area contributed by atoms with Gasteiger partial charge in [-0.2, -0.15) is 5.10 Å². The Morgan fingerprint density at radius 3 is 2.42 bits per heavy atom. The maximum Gasteiger partial charge on any atom is 0.224 e. The van der Waals surface area contributed by atoms with Gasteiger partial charge >= 0.3 is 0 Å². The summed E-state index contributed by atoms with van der Waals surface area (Å²) in [6.07, 6.45) is 0.997. The number of aromatic nitrogens is 3. The minimum absolute atomic E-state index is 0.00329. The average Bonchev–Trinajstić information content (AvgIpc) is 3.22. The van der Waals surface area contributed by atoms with E-state index in [0.29, 0.717) is 12.8 Å². The minimum atomic E-state index is -0.00329. The monoisotopic (exact) mass is 483 g/mol. The van der Waals surface area contributed by atoms with Gasteiger partial charge in [-0.05, 0) is 56.0 Å². The molecule has 1 aliphatic rings. The Labute approximate surface area is 212 Å². The maximum absolute atomic E-state index is 12.7. The van der Waals surface area contributed by atoms with Crippen LogP contribution in [-0.4, -0.2) is 51.7 Å². The lowest BCUT2D eigenvalue weighted by Gasteiger charge is -2.26. The SMILES string of the molecule is Cc1nc2c(-c3ccccc3)c(C)nn2c(C)c1CCC(=O)Nc1ccc(CN2CCOCC2)cc1. The van der Waals surface area contributed by atoms with Crippen LogP contribution in [0.5, 0.6) is 0 Å². The predicted octanol–water partition coefficient (Wildman–Crippen LogP) is 4.73. The second-order valence-corrected chi connectivity index (χ2v) is 9.46. The van der Waals surface area contributed by atoms with E-state index in [4.69, 9.17) is 14.8 Å². The number of morpholine rings is 1. The number of rotatable bonds is 7. The van der Waals surface area contributed by atoms with Gasteiger partial charge in [0, 0.05) is 48.7 Å². The van der Waals surface area contributed by atoms with Crippen molar-refractivity contribution < 1.29 is 9.53 Å². The van der Waals surface area contributed by atoms with Gasteiger partial charge in [-0.3, -0.25) is 9.69 Å². The molecule has 0 unspecified atom stereocenters. The summed E-state index contributed by atoms with van der Waals surface area (Å²) < 4.78 is 7.34. The van der Waals surface area contributed by atoms with Gasteiger partial charge in [-0.15, -0.1) is 0 Å². The largest absolute Gasteiger partial charge is 0.379 e. The number of ether oxygens (including phenoxy) is 1. The molecule has 0 radical (unpaired) electrons. The fourth-order valence-electron chi connectivity index (χ4n) is 4.95. The number of carbonyl (C=O) groups is 1. The van der Waals surface area contributed by atoms with E-state index in [1.807, 2.05) is 48.7 Å². The summed E-state index contributed by atoms with van der Waals surface area (Å²) in [5.41, 5.74) is 9.08. The molecular formula is C29H33N5O2. The number of anilines is 1. The van der Waals surface area contributed by atoms with Crippen LogP contribution in [0.2, 0.25) is 0 Å². The molecule has 1 aliphatic heterocycles. The fraction of sp³-hybridized carbons (Fsp3) is 0.345. The third-order valence-corrected chi connectivity index (χ3v) is 6.91. The molecule has 1 amide bonds. The Kier molecular flexibility index (Phi) is 7.11. The summed E-state index contributed by atoms with van der Waals surface area (Å²) in [5.74, 6) is -0.00329. The van der Waals surface area contributed by atoms with Crippen LogP contribution in [0.3, 0.4) is 0 Å². The Bertz CT molecular complexity index is 1360. The summed E-state index contributed by atoms with van der Waals surface area (Å²) in [5, 5.41) is 7.82. The molecule has 3 heterocycles. The van der Waals surface area contributed by atoms with Crippen LogP contribution in [0, 0.1) is 20.8 Å². The van der Waals surface area contributed by atoms with Crippen molar-refractivity contribution >= 4 is 17.2 Å². The van der Waals surface area contributed by atoms with Crippen molar-refractivity contribution in [1.82, 2.24) is 19.5 Å². The molecule has 0 saturated carbocycles. The molecule has 4 aromatic rings. The lowest BCUT2D eigenvalue weighted by atomic mass is 10.0. The summed E-state index contributed by atoms with van der Waals surface area (Å²) in [7, 11) is 0. The minimum Gasteiger partial charge on any atom is -0.379 e. The van der Waals surface area contributed by atoms with E-state index >= 15 is 0 Å². The number of aryl methyl sites for hydroxylation is 3. The van der Waals surface area contributed by atoms with Crippen LogP contribution in [0.15, 0.2) is 54.6 Å². The first-order valence-electron chi connectivity index (χ1n) is 12.6. The number of hydrogen-bond donors (Lipinski definition) is 1. The summed E-state index contributed by atoms with van der Waals surface area (Å²) in [4.78, 5) is 20.0. The van der Waals surface area contributed by atoms with Gasteiger partial charge in [0.25, 0.3) is 0 Å². The van der Waals surface area contributed by atoms with Crippen LogP contribution in [-0.2, 0) is 22.5 Å². The van der Waals surface area contributed by atoms with Gasteiger partial charge in [-0.1, -0.05) is 42.5 Å². The smallest absolute Gasteiger partial charge is 0.224 e. The second-order valence-electron chi connectivity index (χ2n) is 9.46. The van der Waals surface area contributed by atoms with Crippen molar-refractivity contribution in [1.29, 1.82) is 0 Å². The number of amides is 1. The van der Waals surface area contributed by atoms with Crippen molar-refractivity contribution in [2.24, 2.45) is 0 Å². The van der Waals surface area contributed by atoms with Crippen molar-refractivity contribution in [2.75, 3.05) is 31.6 Å². The van der Waals surface area contributed by atoms with Crippen LogP contribution in [0.4, 0.5) is 5.69 Å². The van der Waals surface area contributed by atoms with Crippen LogP contribution in [0.25, 0.3) is 16.8 Å². The number of hydrogen-bond acceptors (Lipinski definition) is 5. The van der Waals surface area contributed by atoms with Gasteiger partial charge in [0.1, 0.15) is 0 Å². The first kappa shape index (κ1) is 24.2. The molecule has 2 aromatic heterocycles. The summed E-state index contributed by atoms with van der Waals surface area (Å²) >= 11 is 0. The Hall–Kier alpha value is -3.55. The molecule has 1 N–H and O–H groups in total. The number of nitrogens with zero attached hydrogens (tertiary/aromatic N) is 4. The average molecular weight is 484 g/mol. The molecule has 2 aromatic carbocycles. The molecule has 186 valence electrons. The highest BCUT2D eigenvalue weighted by atomic mass is 16.5. The molecule has 0 bridgehead atoms. The first-order valence-corrected chi connectivity index (χ1v) is 12.6. The third-order valence-electron chi connectivity index (χ3n) is 6.91. The normalized spacial score (nSPS) is 14.3. The molecule has 0 aliphatic carbocycles. The quantitative estimate of drug-likeness (QED) is 0.412. The van der Waals surface area contributed by atoms with E-state index in [1.54, 1.807) is 0 Å². The number of fused-ring (bicyclic) bond motifs is 1. The van der Waals surface area contributed by atoms with Crippen LogP contribution in [0.1, 0.15) is 34.6 Å². The van der Waals surface area contributed by atoms with Gasteiger partial charge in [0.05, 0.1) is 18.9 Å². The Morgan fingerprint density at radius 2 is 1.69 bits per heavy atom. The van der Waals surface area contributed by atoms with Gasteiger partial charge < -0.3 is 10.1 Å². The molecule has 0 atom stereocenters. The highest BCUT2D eigenvalue weighted by molar-refractivity contribution is 5.90. The highest BCUT2D eigenvalue weighted by Crippen LogP contribution is 2.29. The number of benzene rings is 2. The second kappa shape index (κ2) is 10.6. The molecule has 1 fully saturated rings. The third kappa shape index (κ3) is 5.17. The predicted molar refractivity (Wildman–Crippen MR) is 142 cm³/mol. The van der Waals surface area contributed by atoms with E-state index in [-0.39, 0.29) is 5.91 Å². The van der Waals surface area contributed by atoms with Crippen molar-refractivity contribution in [3.8, 4) is 11.1 Å². The van der Waals surface area contributed by atoms with E-state index in [1.165, 1.54) is 5.56 Å². The van der Waals surface area contributed by atoms with E-state index in [9.17, 15) is 4.79 Å². The van der Waals surface area contributed by atoms with Gasteiger partial charge in [-0.25, -0.2) is 9.50 Å². The van der Waals surface area contributed by atoms with Crippen LogP contribution >= 0.6 is 0 Å². The van der Waals surface area contributed by atoms with Crippen LogP contribution < -0.4 is 5.32 Å². The molecular weight excluding hydrogens is 450 g/mol. The Morgan fingerprint density at radius 1 is 0.972 bits per heavy atom. The molecule has 36 heavy (non-hydrogen) atoms. The zero-order chi connectivity index (χ0) is 25.1. The van der Waals surface area contributed by atoms with Gasteiger partial charge in [0.2, 0.25) is 5.91 Å². The zero-order valence-electron chi connectivity index (χ0n) is 21.3. The maximum atomic E-state index is 12.7. The number of nitrogens with one attached hydrogen (secondary N) is 1. The van der Waals surface area contributed by atoms with Gasteiger partial charge in [0.15, 0.2) is 5.65 Å². The standard InChI is InChI=1S/C29H33N5O2/c1-20-26(22(3)34-29(30-20)28(21(2)32-34)24-7-5-4-6-8-24)13-14-27(35)31-25-11-9-23(10-12-25)19-33-15-17-36-18-16-33/h4-12H,13-19H2,1-3H3,(H,31,35). The molecule has 1 saturated heterocycles. The van der Waals surface area contributed by atoms with Crippen molar-refractivity contribution in [2.45, 2.75) is 40.2 Å². The molecule has 7 nitrogen and oxygen atoms in total. The molecule has 0 spiro atoms. The summed E-state index contributed by atoms with van der Waals surface area (Å²) in [6, 6.07) is 18.4. The Balaban J connectivity index is 1.25. The molecule has 7 heteroatoms. The number of carbonyl (C=O) groups excluding carboxylic acids is 1. The lowest BCUT2D eigenvalue weighted by Crippen LogP contribution is -2.35. The van der Waals surface area contributed by atoms with E-state index < -0.39 is 0 Å². The van der Waals surface area contributed by atoms with Crippen molar-refractivity contribution in [3.63, 3.8) is 0 Å². The fourth-order valence-corrected chi connectivity index (χ4v) is 4.95. The lowest BCUT2D eigenvalue weighted by molar-refractivity contribution is -0.116.